The van der Waals surface area contributed by atoms with Gasteiger partial charge in [-0.2, -0.15) is 0 Å². The monoisotopic (exact) mass is 1220 g/mol. The largest absolute Gasteiger partial charge is 3.00 e. The van der Waals surface area contributed by atoms with Crippen molar-refractivity contribution in [1.82, 2.24) is 16.0 Å². The molecule has 0 amide bonds. The van der Waals surface area contributed by atoms with Crippen molar-refractivity contribution in [2.45, 2.75) is 386 Å². The molecule has 0 aromatic heterocycles. The molecule has 85 heavy (non-hydrogen) atoms. The number of carbonyl (C=O) groups excluding carboxylic acids is 3. The fraction of sp³-hybridized carbons (Fsp3) is 0.913. The van der Waals surface area contributed by atoms with Crippen molar-refractivity contribution < 1.29 is 59.4 Å². The maximum Gasteiger partial charge on any atom is 3.00 e. The Bertz CT molecular complexity index is 1300. The van der Waals surface area contributed by atoms with Gasteiger partial charge in [-0.3, -0.25) is 14.4 Å². The molecule has 0 aromatic carbocycles. The van der Waals surface area contributed by atoms with E-state index in [0.717, 1.165) is 38.5 Å². The molecule has 6 N–H and O–H groups in total. The van der Waals surface area contributed by atoms with E-state index in [1.165, 1.54) is 270 Å². The Morgan fingerprint density at radius 3 is 0.506 bits per heavy atom. The number of carboxylic acids is 6. The molecule has 16 heteroatoms. The Morgan fingerprint density at radius 2 is 0.388 bits per heavy atom. The first-order valence-electron chi connectivity index (χ1n) is 35.2. The van der Waals surface area contributed by atoms with Crippen LogP contribution in [0.2, 0.25) is 0 Å². The molecule has 0 spiro atoms. The zero-order valence-electron chi connectivity index (χ0n) is 55.1. The molecular weight excluding hydrogens is 1090 g/mol. The van der Waals surface area contributed by atoms with Gasteiger partial charge in [0.2, 0.25) is 0 Å². The fourth-order valence-electron chi connectivity index (χ4n) is 10.6. The van der Waals surface area contributed by atoms with Crippen molar-refractivity contribution in [3.05, 3.63) is 0 Å². The minimum Gasteiger partial charge on any atom is -0.548 e. The number of rotatable bonds is 66. The SMILES string of the molecule is CCCCCCCCCCCCCCCCCCN[C@@H](CCC(=O)O)C(=O)[O-].CCCCCCCCCCCCCCCCCCN[C@@H](CCC(=O)O)C(=O)[O-].CCCCCCCCCCCCCCCCCCN[C@@H](CCC(=O)O)C(=O)[O-].[Al+3]. The van der Waals surface area contributed by atoms with Crippen LogP contribution in [0.1, 0.15) is 367 Å². The molecule has 498 valence electrons. The first-order valence-corrected chi connectivity index (χ1v) is 35.2. The summed E-state index contributed by atoms with van der Waals surface area (Å²) in [6.45, 7) is 8.61. The van der Waals surface area contributed by atoms with Crippen LogP contribution in [0, 0.1) is 0 Å². The summed E-state index contributed by atoms with van der Waals surface area (Å²) >= 11 is 0. The smallest absolute Gasteiger partial charge is 0.548 e. The van der Waals surface area contributed by atoms with Gasteiger partial charge < -0.3 is 61.0 Å². The van der Waals surface area contributed by atoms with Gasteiger partial charge in [0.1, 0.15) is 0 Å². The van der Waals surface area contributed by atoms with Gasteiger partial charge in [0.25, 0.3) is 0 Å². The number of unbranched alkanes of at least 4 members (excludes halogenated alkanes) is 45. The Labute approximate surface area is 531 Å². The molecule has 0 bridgehead atoms. The van der Waals surface area contributed by atoms with Gasteiger partial charge in [-0.25, -0.2) is 0 Å². The van der Waals surface area contributed by atoms with Crippen LogP contribution in [-0.4, -0.2) is 106 Å². The maximum atomic E-state index is 10.9. The molecule has 0 aliphatic rings. The molecule has 3 atom stereocenters. The topological polar surface area (TPSA) is 268 Å². The van der Waals surface area contributed by atoms with E-state index >= 15 is 0 Å². The van der Waals surface area contributed by atoms with E-state index in [0.29, 0.717) is 19.6 Å². The van der Waals surface area contributed by atoms with Gasteiger partial charge in [-0.15, -0.1) is 0 Å². The molecule has 0 rings (SSSR count). The maximum absolute atomic E-state index is 10.9. The van der Waals surface area contributed by atoms with E-state index < -0.39 is 53.9 Å². The summed E-state index contributed by atoms with van der Waals surface area (Å²) < 4.78 is 0. The summed E-state index contributed by atoms with van der Waals surface area (Å²) in [7, 11) is 0. The first kappa shape index (κ1) is 88.7. The Kier molecular flexibility index (Phi) is 76.9. The van der Waals surface area contributed by atoms with Crippen molar-refractivity contribution in [1.29, 1.82) is 0 Å². The van der Waals surface area contributed by atoms with E-state index in [1.807, 2.05) is 0 Å². The second-order valence-corrected chi connectivity index (χ2v) is 24.2. The summed E-state index contributed by atoms with van der Waals surface area (Å²) in [5.41, 5.74) is 0. The molecule has 0 unspecified atom stereocenters. The van der Waals surface area contributed by atoms with E-state index in [-0.39, 0.29) is 55.9 Å². The zero-order chi connectivity index (χ0) is 62.6. The van der Waals surface area contributed by atoms with Crippen LogP contribution in [0.15, 0.2) is 0 Å². The Hall–Kier alpha value is -2.77. The van der Waals surface area contributed by atoms with Crippen molar-refractivity contribution in [2.24, 2.45) is 0 Å². The molecule has 0 saturated carbocycles. The second kappa shape index (κ2) is 73.7. The molecular formula is C69H132AlN3O12. The Morgan fingerprint density at radius 1 is 0.259 bits per heavy atom. The number of hydrogen-bond acceptors (Lipinski definition) is 12. The number of nitrogens with one attached hydrogen (secondary N) is 3. The van der Waals surface area contributed by atoms with Crippen LogP contribution in [0.5, 0.6) is 0 Å². The minimum absolute atomic E-state index is 0. The third kappa shape index (κ3) is 77.3. The van der Waals surface area contributed by atoms with Gasteiger partial charge in [0.15, 0.2) is 0 Å². The first-order chi connectivity index (χ1) is 40.7. The molecule has 0 saturated heterocycles. The fourth-order valence-corrected chi connectivity index (χ4v) is 10.6. The van der Waals surface area contributed by atoms with Gasteiger partial charge in [0, 0.05) is 37.4 Å². The summed E-state index contributed by atoms with van der Waals surface area (Å²) in [4.78, 5) is 64.4. The van der Waals surface area contributed by atoms with Crippen LogP contribution in [0.3, 0.4) is 0 Å². The second-order valence-electron chi connectivity index (χ2n) is 24.2. The van der Waals surface area contributed by atoms with Crippen molar-refractivity contribution in [3.63, 3.8) is 0 Å². The normalized spacial score (nSPS) is 12.0. The van der Waals surface area contributed by atoms with Crippen molar-refractivity contribution >= 4 is 53.2 Å². The minimum atomic E-state index is -1.21. The van der Waals surface area contributed by atoms with Crippen LogP contribution >= 0.6 is 0 Å². The number of carbonyl (C=O) groups is 6. The predicted molar refractivity (Wildman–Crippen MR) is 345 cm³/mol. The Balaban J connectivity index is -0.000000576. The summed E-state index contributed by atoms with van der Waals surface area (Å²) in [5, 5.41) is 67.4. The van der Waals surface area contributed by atoms with Crippen LogP contribution in [0.25, 0.3) is 0 Å². The summed E-state index contributed by atoms with van der Waals surface area (Å²) in [6, 6.07) is -2.56. The van der Waals surface area contributed by atoms with Gasteiger partial charge in [-0.05, 0) is 58.2 Å². The molecule has 15 nitrogen and oxygen atoms in total. The predicted octanol–water partition coefficient (Wildman–Crippen LogP) is 14.1. The molecule has 0 aliphatic heterocycles. The molecule has 0 radical (unpaired) electrons. The third-order valence-corrected chi connectivity index (χ3v) is 16.1. The van der Waals surface area contributed by atoms with E-state index in [2.05, 4.69) is 36.7 Å². The summed E-state index contributed by atoms with van der Waals surface area (Å²) in [6.07, 6.45) is 62.7. The number of aliphatic carboxylic acids is 6. The number of hydrogen-bond donors (Lipinski definition) is 6. The quantitative estimate of drug-likeness (QED) is 0.0244. The molecule has 0 aliphatic carbocycles. The zero-order valence-corrected chi connectivity index (χ0v) is 56.3. The van der Waals surface area contributed by atoms with Crippen LogP contribution in [0.4, 0.5) is 0 Å². The van der Waals surface area contributed by atoms with Crippen LogP contribution < -0.4 is 31.3 Å². The van der Waals surface area contributed by atoms with Crippen molar-refractivity contribution in [2.75, 3.05) is 19.6 Å². The molecule has 0 aromatic rings. The van der Waals surface area contributed by atoms with Gasteiger partial charge >= 0.3 is 35.3 Å². The summed E-state index contributed by atoms with van der Waals surface area (Å²) in [5.74, 6) is -6.56. The van der Waals surface area contributed by atoms with Gasteiger partial charge in [0.05, 0.1) is 17.9 Å². The average molecular weight is 1220 g/mol. The average Bonchev–Trinajstić information content (AvgIpc) is 3.46. The van der Waals surface area contributed by atoms with E-state index in [9.17, 15) is 44.1 Å². The molecule has 0 fully saturated rings. The van der Waals surface area contributed by atoms with Crippen LogP contribution in [-0.2, 0) is 28.8 Å². The van der Waals surface area contributed by atoms with E-state index in [4.69, 9.17) is 15.3 Å². The van der Waals surface area contributed by atoms with E-state index in [1.54, 1.807) is 0 Å². The van der Waals surface area contributed by atoms with Gasteiger partial charge in [-0.1, -0.05) is 310 Å². The standard InChI is InChI=1S/3C23H45NO4.Al/c3*1-2-3-4-5-6-7-8-9-10-11-12-13-14-15-16-17-20-24-21(23(27)28)18-19-22(25)26;/h3*21,24H,2-20H2,1H3,(H,25,26)(H,27,28);/q;;;+3/p-3/t3*21-;/m000./s1. The number of carboxylic acid groups (broad SMARTS) is 6. The molecule has 0 heterocycles. The third-order valence-electron chi connectivity index (χ3n) is 16.1. The van der Waals surface area contributed by atoms with Crippen molar-refractivity contribution in [3.8, 4) is 0 Å².